The van der Waals surface area contributed by atoms with E-state index >= 15 is 0 Å². The molecule has 0 aliphatic rings. The molecule has 64 valence electrons. The van der Waals surface area contributed by atoms with Crippen molar-refractivity contribution in [3.63, 3.8) is 0 Å². The van der Waals surface area contributed by atoms with Gasteiger partial charge in [0.15, 0.2) is 0 Å². The van der Waals surface area contributed by atoms with Gasteiger partial charge in [0.1, 0.15) is 11.2 Å². The van der Waals surface area contributed by atoms with Crippen LogP contribution in [0.5, 0.6) is 0 Å². The molecule has 0 atom stereocenters. The van der Waals surface area contributed by atoms with Crippen LogP contribution in [-0.4, -0.2) is 0 Å². The summed E-state index contributed by atoms with van der Waals surface area (Å²) in [5.41, 5.74) is 1.75. The van der Waals surface area contributed by atoms with Gasteiger partial charge in [-0.05, 0) is 34.1 Å². The molecular formula is C10H5BrO2. The van der Waals surface area contributed by atoms with Crippen LogP contribution in [0.2, 0.25) is 0 Å². The number of rotatable bonds is 0. The molecule has 0 unspecified atom stereocenters. The maximum absolute atomic E-state index is 5.34. The van der Waals surface area contributed by atoms with Crippen molar-refractivity contribution in [3.8, 4) is 0 Å². The van der Waals surface area contributed by atoms with Crippen LogP contribution < -0.4 is 0 Å². The zero-order valence-corrected chi connectivity index (χ0v) is 8.17. The molecule has 0 amide bonds. The van der Waals surface area contributed by atoms with Crippen LogP contribution in [0.4, 0.5) is 0 Å². The van der Waals surface area contributed by atoms with Gasteiger partial charge in [0.25, 0.3) is 0 Å². The number of furan rings is 2. The fourth-order valence-corrected chi connectivity index (χ4v) is 2.14. The van der Waals surface area contributed by atoms with Crippen LogP contribution in [0.3, 0.4) is 0 Å². The monoisotopic (exact) mass is 236 g/mol. The first-order valence-corrected chi connectivity index (χ1v) is 4.68. The van der Waals surface area contributed by atoms with Gasteiger partial charge in [0.05, 0.1) is 17.0 Å². The zero-order chi connectivity index (χ0) is 8.84. The molecular weight excluding hydrogens is 232 g/mol. The van der Waals surface area contributed by atoms with E-state index in [2.05, 4.69) is 15.9 Å². The van der Waals surface area contributed by atoms with Crippen molar-refractivity contribution in [2.75, 3.05) is 0 Å². The van der Waals surface area contributed by atoms with Crippen LogP contribution in [-0.2, 0) is 0 Å². The van der Waals surface area contributed by atoms with Gasteiger partial charge < -0.3 is 8.83 Å². The molecule has 3 heteroatoms. The molecule has 2 heterocycles. The van der Waals surface area contributed by atoms with Crippen LogP contribution in [0.25, 0.3) is 21.9 Å². The fraction of sp³-hybridized carbons (Fsp3) is 0. The second-order valence-electron chi connectivity index (χ2n) is 2.86. The first-order chi connectivity index (χ1) is 6.36. The highest BCUT2D eigenvalue weighted by molar-refractivity contribution is 9.10. The third-order valence-corrected chi connectivity index (χ3v) is 2.90. The topological polar surface area (TPSA) is 26.3 Å². The summed E-state index contributed by atoms with van der Waals surface area (Å²) in [6.45, 7) is 0. The van der Waals surface area contributed by atoms with E-state index in [9.17, 15) is 0 Å². The highest BCUT2D eigenvalue weighted by Crippen LogP contribution is 2.33. The lowest BCUT2D eigenvalue weighted by molar-refractivity contribution is 0.611. The molecule has 0 fully saturated rings. The van der Waals surface area contributed by atoms with Crippen molar-refractivity contribution in [2.24, 2.45) is 0 Å². The summed E-state index contributed by atoms with van der Waals surface area (Å²) in [7, 11) is 0. The smallest absolute Gasteiger partial charge is 0.148 e. The van der Waals surface area contributed by atoms with Crippen molar-refractivity contribution < 1.29 is 8.83 Å². The summed E-state index contributed by atoms with van der Waals surface area (Å²) in [5.74, 6) is 0. The quantitative estimate of drug-likeness (QED) is 0.591. The Morgan fingerprint density at radius 3 is 2.85 bits per heavy atom. The standard InChI is InChI=1S/C10H5BrO2/c11-9-7-2-4-12-8(7)5-6-1-3-13-10(6)9/h1-5H. The molecule has 0 spiro atoms. The van der Waals surface area contributed by atoms with Gasteiger partial charge in [-0.15, -0.1) is 0 Å². The molecule has 0 saturated carbocycles. The maximum Gasteiger partial charge on any atom is 0.148 e. The zero-order valence-electron chi connectivity index (χ0n) is 6.58. The third kappa shape index (κ3) is 0.877. The van der Waals surface area contributed by atoms with E-state index in [-0.39, 0.29) is 0 Å². The molecule has 0 N–H and O–H groups in total. The number of hydrogen-bond acceptors (Lipinski definition) is 2. The minimum Gasteiger partial charge on any atom is -0.464 e. The maximum atomic E-state index is 5.34. The molecule has 0 saturated heterocycles. The molecule has 3 rings (SSSR count). The van der Waals surface area contributed by atoms with Crippen LogP contribution in [0.1, 0.15) is 0 Å². The Kier molecular flexibility index (Phi) is 1.32. The molecule has 13 heavy (non-hydrogen) atoms. The van der Waals surface area contributed by atoms with Crippen molar-refractivity contribution in [2.45, 2.75) is 0 Å². The molecule has 2 nitrogen and oxygen atoms in total. The second kappa shape index (κ2) is 2.39. The first kappa shape index (κ1) is 7.21. The Labute approximate surface area is 82.3 Å². The Morgan fingerprint density at radius 2 is 1.92 bits per heavy atom. The number of benzene rings is 1. The minimum atomic E-state index is 0.869. The van der Waals surface area contributed by atoms with Gasteiger partial charge in [0.2, 0.25) is 0 Å². The SMILES string of the molecule is Brc1c2ccoc2cc2ccoc12. The van der Waals surface area contributed by atoms with Gasteiger partial charge in [-0.25, -0.2) is 0 Å². The fourth-order valence-electron chi connectivity index (χ4n) is 1.49. The van der Waals surface area contributed by atoms with Crippen molar-refractivity contribution >= 4 is 37.9 Å². The van der Waals surface area contributed by atoms with Gasteiger partial charge >= 0.3 is 0 Å². The molecule has 0 radical (unpaired) electrons. The molecule has 2 aromatic heterocycles. The lowest BCUT2D eigenvalue weighted by atomic mass is 10.2. The highest BCUT2D eigenvalue weighted by atomic mass is 79.9. The average Bonchev–Trinajstić information content (AvgIpc) is 2.71. The summed E-state index contributed by atoms with van der Waals surface area (Å²) in [4.78, 5) is 0. The lowest BCUT2D eigenvalue weighted by Crippen LogP contribution is -1.69. The minimum absolute atomic E-state index is 0.869. The van der Waals surface area contributed by atoms with Crippen LogP contribution >= 0.6 is 15.9 Å². The second-order valence-corrected chi connectivity index (χ2v) is 3.65. The van der Waals surface area contributed by atoms with E-state index in [4.69, 9.17) is 8.83 Å². The van der Waals surface area contributed by atoms with E-state index in [0.29, 0.717) is 0 Å². The largest absolute Gasteiger partial charge is 0.464 e. The third-order valence-electron chi connectivity index (χ3n) is 2.11. The summed E-state index contributed by atoms with van der Waals surface area (Å²) in [5, 5.41) is 2.09. The van der Waals surface area contributed by atoms with Gasteiger partial charge in [-0.3, -0.25) is 0 Å². The van der Waals surface area contributed by atoms with Crippen molar-refractivity contribution in [1.82, 2.24) is 0 Å². The summed E-state index contributed by atoms with van der Waals surface area (Å²) >= 11 is 3.49. The number of fused-ring (bicyclic) bond motifs is 2. The van der Waals surface area contributed by atoms with Gasteiger partial charge in [0, 0.05) is 10.8 Å². The molecule has 0 bridgehead atoms. The molecule has 1 aromatic carbocycles. The molecule has 3 aromatic rings. The Bertz CT molecular complexity index is 528. The summed E-state index contributed by atoms with van der Waals surface area (Å²) in [6.07, 6.45) is 3.35. The first-order valence-electron chi connectivity index (χ1n) is 3.89. The molecule has 0 aliphatic heterocycles. The predicted octanol–water partition coefficient (Wildman–Crippen LogP) is 3.94. The summed E-state index contributed by atoms with van der Waals surface area (Å²) < 4.78 is 11.6. The van der Waals surface area contributed by atoms with E-state index < -0.39 is 0 Å². The number of halogens is 1. The van der Waals surface area contributed by atoms with Crippen molar-refractivity contribution in [1.29, 1.82) is 0 Å². The van der Waals surface area contributed by atoms with E-state index in [1.165, 1.54) is 0 Å². The highest BCUT2D eigenvalue weighted by Gasteiger charge is 2.08. The van der Waals surface area contributed by atoms with Crippen LogP contribution in [0, 0.1) is 0 Å². The van der Waals surface area contributed by atoms with Crippen molar-refractivity contribution in [3.05, 3.63) is 35.2 Å². The predicted molar refractivity (Wildman–Crippen MR) is 53.7 cm³/mol. The molecule has 0 aliphatic carbocycles. The Balaban J connectivity index is 2.67. The van der Waals surface area contributed by atoms with E-state index in [0.717, 1.165) is 26.4 Å². The summed E-state index contributed by atoms with van der Waals surface area (Å²) in [6, 6.07) is 5.81. The van der Waals surface area contributed by atoms with Gasteiger partial charge in [-0.2, -0.15) is 0 Å². The van der Waals surface area contributed by atoms with E-state index in [1.54, 1.807) is 12.5 Å². The lowest BCUT2D eigenvalue weighted by Gasteiger charge is -1.94. The number of hydrogen-bond donors (Lipinski definition) is 0. The Hall–Kier alpha value is -1.22. The van der Waals surface area contributed by atoms with E-state index in [1.807, 2.05) is 18.2 Å². The normalized spacial score (nSPS) is 11.5. The average molecular weight is 237 g/mol. The Morgan fingerprint density at radius 1 is 1.08 bits per heavy atom. The van der Waals surface area contributed by atoms with Gasteiger partial charge in [-0.1, -0.05) is 0 Å². The van der Waals surface area contributed by atoms with Crippen LogP contribution in [0.15, 0.2) is 44.0 Å².